The van der Waals surface area contributed by atoms with Gasteiger partial charge in [0.15, 0.2) is 0 Å². The van der Waals surface area contributed by atoms with Gasteiger partial charge in [-0.1, -0.05) is 30.3 Å². The van der Waals surface area contributed by atoms with E-state index in [0.29, 0.717) is 38.0 Å². The van der Waals surface area contributed by atoms with Crippen LogP contribution in [0.4, 0.5) is 5.69 Å². The second-order valence-electron chi connectivity index (χ2n) is 7.55. The number of likely N-dealkylation sites (tertiary alicyclic amines) is 1. The third kappa shape index (κ3) is 6.14. The standard InChI is InChI=1S/C22H27N3O4S/c23-30(28,29)20-11-9-19(10-12-20)24-22(27)18-13-15-25(16-14-18)21(26)8-4-7-17-5-2-1-3-6-17/h1-3,5-6,9-12,18H,4,7-8,13-16H2,(H,24,27)(H2,23,28,29). The second kappa shape index (κ2) is 9.86. The first-order chi connectivity index (χ1) is 14.3. The van der Waals surface area contributed by atoms with Gasteiger partial charge in [-0.15, -0.1) is 0 Å². The molecule has 1 saturated heterocycles. The Morgan fingerprint density at radius 2 is 1.63 bits per heavy atom. The highest BCUT2D eigenvalue weighted by atomic mass is 32.2. The van der Waals surface area contributed by atoms with Gasteiger partial charge in [-0.25, -0.2) is 13.6 Å². The maximum Gasteiger partial charge on any atom is 0.238 e. The molecule has 7 nitrogen and oxygen atoms in total. The molecule has 0 radical (unpaired) electrons. The summed E-state index contributed by atoms with van der Waals surface area (Å²) in [6.45, 7) is 1.15. The normalized spacial score (nSPS) is 15.0. The SMILES string of the molecule is NS(=O)(=O)c1ccc(NC(=O)C2CCN(C(=O)CCCc3ccccc3)CC2)cc1. The average Bonchev–Trinajstić information content (AvgIpc) is 2.74. The largest absolute Gasteiger partial charge is 0.343 e. The number of nitrogens with zero attached hydrogens (tertiary/aromatic N) is 1. The second-order valence-corrected chi connectivity index (χ2v) is 9.11. The topological polar surface area (TPSA) is 110 Å². The lowest BCUT2D eigenvalue weighted by molar-refractivity contribution is -0.134. The number of hydrogen-bond acceptors (Lipinski definition) is 4. The van der Waals surface area contributed by atoms with Crippen molar-refractivity contribution in [3.63, 3.8) is 0 Å². The van der Waals surface area contributed by atoms with E-state index in [1.807, 2.05) is 23.1 Å². The summed E-state index contributed by atoms with van der Waals surface area (Å²) >= 11 is 0. The zero-order valence-electron chi connectivity index (χ0n) is 16.8. The highest BCUT2D eigenvalue weighted by Gasteiger charge is 2.27. The monoisotopic (exact) mass is 429 g/mol. The zero-order chi connectivity index (χ0) is 21.6. The summed E-state index contributed by atoms with van der Waals surface area (Å²) in [6, 6.07) is 15.9. The fourth-order valence-electron chi connectivity index (χ4n) is 3.61. The van der Waals surface area contributed by atoms with Crippen LogP contribution in [0.3, 0.4) is 0 Å². The van der Waals surface area contributed by atoms with Crippen molar-refractivity contribution < 1.29 is 18.0 Å². The predicted molar refractivity (Wildman–Crippen MR) is 115 cm³/mol. The van der Waals surface area contributed by atoms with Crippen molar-refractivity contribution >= 4 is 27.5 Å². The van der Waals surface area contributed by atoms with E-state index in [-0.39, 0.29) is 22.6 Å². The maximum absolute atomic E-state index is 12.5. The van der Waals surface area contributed by atoms with Crippen LogP contribution in [0.1, 0.15) is 31.2 Å². The van der Waals surface area contributed by atoms with Gasteiger partial charge < -0.3 is 10.2 Å². The lowest BCUT2D eigenvalue weighted by Crippen LogP contribution is -2.41. The summed E-state index contributed by atoms with van der Waals surface area (Å²) in [5.74, 6) is -0.144. The van der Waals surface area contributed by atoms with E-state index in [9.17, 15) is 18.0 Å². The van der Waals surface area contributed by atoms with E-state index in [1.54, 1.807) is 0 Å². The van der Waals surface area contributed by atoms with Crippen molar-refractivity contribution in [3.8, 4) is 0 Å². The van der Waals surface area contributed by atoms with E-state index >= 15 is 0 Å². The van der Waals surface area contributed by atoms with Gasteiger partial charge in [0.2, 0.25) is 21.8 Å². The van der Waals surface area contributed by atoms with E-state index in [4.69, 9.17) is 5.14 Å². The molecule has 3 N–H and O–H groups in total. The molecule has 8 heteroatoms. The van der Waals surface area contributed by atoms with E-state index < -0.39 is 10.0 Å². The first kappa shape index (κ1) is 22.0. The lowest BCUT2D eigenvalue weighted by atomic mass is 9.95. The Hall–Kier alpha value is -2.71. The molecule has 2 aromatic carbocycles. The number of nitrogens with two attached hydrogens (primary N) is 1. The Kier molecular flexibility index (Phi) is 7.23. The highest BCUT2D eigenvalue weighted by Crippen LogP contribution is 2.21. The molecule has 0 aromatic heterocycles. The summed E-state index contributed by atoms with van der Waals surface area (Å²) in [5.41, 5.74) is 1.75. The molecule has 30 heavy (non-hydrogen) atoms. The van der Waals surface area contributed by atoms with Crippen LogP contribution >= 0.6 is 0 Å². The average molecular weight is 430 g/mol. The molecule has 1 heterocycles. The quantitative estimate of drug-likeness (QED) is 0.705. The summed E-state index contributed by atoms with van der Waals surface area (Å²) in [4.78, 5) is 26.8. The van der Waals surface area contributed by atoms with Crippen molar-refractivity contribution in [1.82, 2.24) is 4.90 Å². The zero-order valence-corrected chi connectivity index (χ0v) is 17.6. The third-order valence-corrected chi connectivity index (χ3v) is 6.30. The van der Waals surface area contributed by atoms with Crippen LogP contribution in [0.25, 0.3) is 0 Å². The maximum atomic E-state index is 12.5. The van der Waals surface area contributed by atoms with Gasteiger partial charge in [-0.3, -0.25) is 9.59 Å². The van der Waals surface area contributed by atoms with Crippen LogP contribution in [-0.2, 0) is 26.0 Å². The number of carbonyl (C=O) groups is 2. The van der Waals surface area contributed by atoms with Crippen molar-refractivity contribution in [2.75, 3.05) is 18.4 Å². The number of hydrogen-bond donors (Lipinski definition) is 2. The first-order valence-corrected chi connectivity index (χ1v) is 11.6. The van der Waals surface area contributed by atoms with E-state index in [1.165, 1.54) is 29.8 Å². The van der Waals surface area contributed by atoms with Crippen molar-refractivity contribution in [1.29, 1.82) is 0 Å². The van der Waals surface area contributed by atoms with Gasteiger partial charge in [0.25, 0.3) is 0 Å². The summed E-state index contributed by atoms with van der Waals surface area (Å²) in [7, 11) is -3.76. The fraction of sp³-hybridized carbons (Fsp3) is 0.364. The van der Waals surface area contributed by atoms with E-state index in [2.05, 4.69) is 17.4 Å². The number of rotatable bonds is 7. The molecule has 2 aromatic rings. The van der Waals surface area contributed by atoms with Crippen LogP contribution in [-0.4, -0.2) is 38.2 Å². The Morgan fingerprint density at radius 1 is 1.00 bits per heavy atom. The molecule has 1 fully saturated rings. The number of sulfonamides is 1. The predicted octanol–water partition coefficient (Wildman–Crippen LogP) is 2.53. The Balaban J connectivity index is 1.42. The van der Waals surface area contributed by atoms with Gasteiger partial charge >= 0.3 is 0 Å². The minimum absolute atomic E-state index is 0.000385. The molecule has 0 atom stereocenters. The van der Waals surface area contributed by atoms with Gasteiger partial charge in [-0.2, -0.15) is 0 Å². The number of primary sulfonamides is 1. The highest BCUT2D eigenvalue weighted by molar-refractivity contribution is 7.89. The molecule has 1 aliphatic heterocycles. The van der Waals surface area contributed by atoms with Crippen molar-refractivity contribution in [2.45, 2.75) is 37.0 Å². The molecule has 0 saturated carbocycles. The number of carbonyl (C=O) groups excluding carboxylic acids is 2. The Morgan fingerprint density at radius 3 is 2.23 bits per heavy atom. The molecule has 0 bridgehead atoms. The van der Waals surface area contributed by atoms with Gasteiger partial charge in [-0.05, 0) is 55.5 Å². The van der Waals surface area contributed by atoms with Crippen molar-refractivity contribution in [2.24, 2.45) is 11.1 Å². The van der Waals surface area contributed by atoms with Crippen LogP contribution < -0.4 is 10.5 Å². The van der Waals surface area contributed by atoms with Crippen LogP contribution in [0.2, 0.25) is 0 Å². The molecule has 160 valence electrons. The molecule has 0 unspecified atom stereocenters. The van der Waals surface area contributed by atoms with Crippen LogP contribution in [0, 0.1) is 5.92 Å². The first-order valence-electron chi connectivity index (χ1n) is 10.1. The molecule has 1 aliphatic rings. The smallest absolute Gasteiger partial charge is 0.238 e. The Labute approximate surface area is 177 Å². The fourth-order valence-corrected chi connectivity index (χ4v) is 4.13. The molecule has 0 spiro atoms. The minimum atomic E-state index is -3.76. The number of anilines is 1. The lowest BCUT2D eigenvalue weighted by Gasteiger charge is -2.31. The Bertz CT molecular complexity index is 967. The molecule has 2 amide bonds. The van der Waals surface area contributed by atoms with Gasteiger partial charge in [0.05, 0.1) is 4.90 Å². The van der Waals surface area contributed by atoms with Crippen LogP contribution in [0.15, 0.2) is 59.5 Å². The van der Waals surface area contributed by atoms with Crippen molar-refractivity contribution in [3.05, 3.63) is 60.2 Å². The summed E-state index contributed by atoms with van der Waals surface area (Å²) < 4.78 is 22.6. The van der Waals surface area contributed by atoms with Crippen LogP contribution in [0.5, 0.6) is 0 Å². The molecule has 3 rings (SSSR count). The summed E-state index contributed by atoms with van der Waals surface area (Å²) in [6.07, 6.45) is 3.45. The number of aryl methyl sites for hydroxylation is 1. The van der Waals surface area contributed by atoms with Gasteiger partial charge in [0.1, 0.15) is 0 Å². The number of amides is 2. The number of nitrogens with one attached hydrogen (secondary N) is 1. The number of piperidine rings is 1. The molecule has 0 aliphatic carbocycles. The number of benzene rings is 2. The van der Waals surface area contributed by atoms with E-state index in [0.717, 1.165) is 12.8 Å². The minimum Gasteiger partial charge on any atom is -0.343 e. The summed E-state index contributed by atoms with van der Waals surface area (Å²) in [5, 5.41) is 7.88. The molecular weight excluding hydrogens is 402 g/mol. The third-order valence-electron chi connectivity index (χ3n) is 5.37. The molecular formula is C22H27N3O4S. The van der Waals surface area contributed by atoms with Gasteiger partial charge in [0, 0.05) is 31.1 Å².